The van der Waals surface area contributed by atoms with Crippen LogP contribution in [-0.4, -0.2) is 20.5 Å². The van der Waals surface area contributed by atoms with Crippen LogP contribution >= 0.6 is 0 Å². The van der Waals surface area contributed by atoms with E-state index in [1.165, 1.54) is 0 Å². The van der Waals surface area contributed by atoms with Crippen molar-refractivity contribution in [3.8, 4) is 0 Å². The Bertz CT molecular complexity index is 446. The van der Waals surface area contributed by atoms with Crippen molar-refractivity contribution in [1.29, 1.82) is 0 Å². The molecule has 0 aromatic rings. The van der Waals surface area contributed by atoms with E-state index >= 15 is 0 Å². The van der Waals surface area contributed by atoms with E-state index in [1.807, 2.05) is 0 Å². The summed E-state index contributed by atoms with van der Waals surface area (Å²) in [5.41, 5.74) is -5.33. The molecule has 8 heteroatoms. The van der Waals surface area contributed by atoms with Gasteiger partial charge in [0.15, 0.2) is 0 Å². The quantitative estimate of drug-likeness (QED) is 0.626. The lowest BCUT2D eigenvalue weighted by molar-refractivity contribution is -0.0527. The summed E-state index contributed by atoms with van der Waals surface area (Å²) in [6.45, 7) is 5.76. The molecule has 4 nitrogen and oxygen atoms in total. The molecular weight excluding hydrogens is 271 g/mol. The second-order valence-electron chi connectivity index (χ2n) is 5.07. The zero-order valence-corrected chi connectivity index (χ0v) is 11.2. The van der Waals surface area contributed by atoms with Crippen molar-refractivity contribution in [3.05, 3.63) is 11.5 Å². The molecule has 1 aliphatic rings. The Labute approximate surface area is 104 Å². The van der Waals surface area contributed by atoms with Gasteiger partial charge in [-0.15, -0.1) is 0 Å². The second kappa shape index (κ2) is 4.64. The van der Waals surface area contributed by atoms with Gasteiger partial charge >= 0.3 is 15.6 Å². The molecule has 1 N–H and O–H groups in total. The van der Waals surface area contributed by atoms with Crippen LogP contribution in [0.5, 0.6) is 0 Å². The van der Waals surface area contributed by atoms with E-state index in [0.717, 1.165) is 6.42 Å². The number of rotatable bonds is 2. The van der Waals surface area contributed by atoms with Crippen molar-refractivity contribution in [2.75, 3.05) is 6.54 Å². The van der Waals surface area contributed by atoms with Crippen molar-refractivity contribution >= 4 is 10.1 Å². The highest BCUT2D eigenvalue weighted by Crippen LogP contribution is 2.35. The van der Waals surface area contributed by atoms with Crippen LogP contribution in [0, 0.1) is 5.41 Å². The Kier molecular flexibility index (Phi) is 3.90. The molecule has 0 saturated carbocycles. The maximum Gasteiger partial charge on any atom is 0.534 e. The molecule has 0 aromatic carbocycles. The lowest BCUT2D eigenvalue weighted by Gasteiger charge is -2.30. The highest BCUT2D eigenvalue weighted by Gasteiger charge is 2.49. The van der Waals surface area contributed by atoms with Crippen LogP contribution in [0.3, 0.4) is 0 Å². The normalized spacial score (nSPS) is 18.6. The van der Waals surface area contributed by atoms with E-state index in [9.17, 15) is 21.6 Å². The molecule has 0 atom stereocenters. The molecule has 0 radical (unpaired) electrons. The Morgan fingerprint density at radius 2 is 1.78 bits per heavy atom. The first-order valence-electron chi connectivity index (χ1n) is 5.43. The number of halogens is 3. The maximum absolute atomic E-state index is 12.2. The third kappa shape index (κ3) is 3.30. The zero-order chi connectivity index (χ0) is 14.2. The minimum Gasteiger partial charge on any atom is -0.358 e. The third-order valence-electron chi connectivity index (χ3n) is 2.55. The Balaban J connectivity index is 3.11. The van der Waals surface area contributed by atoms with Gasteiger partial charge in [0.2, 0.25) is 5.88 Å². The lowest BCUT2D eigenvalue weighted by atomic mass is 9.83. The standard InChI is InChI=1S/C10H16F3NO3S/c1-9(2,3)7-5-4-6-14-8(7)17-18(15,16)10(11,12)13/h14H,4-6H2,1-3H3. The van der Waals surface area contributed by atoms with Gasteiger partial charge in [-0.1, -0.05) is 20.8 Å². The summed E-state index contributed by atoms with van der Waals surface area (Å²) in [5, 5.41) is 2.58. The van der Waals surface area contributed by atoms with Crippen LogP contribution < -0.4 is 5.32 Å². The highest BCUT2D eigenvalue weighted by atomic mass is 32.2. The van der Waals surface area contributed by atoms with Crippen LogP contribution in [0.25, 0.3) is 0 Å². The molecule has 18 heavy (non-hydrogen) atoms. The van der Waals surface area contributed by atoms with Gasteiger partial charge in [0.25, 0.3) is 0 Å². The van der Waals surface area contributed by atoms with Crippen LogP contribution in [0.15, 0.2) is 11.5 Å². The molecule has 1 rings (SSSR count). The van der Waals surface area contributed by atoms with E-state index < -0.39 is 21.0 Å². The summed E-state index contributed by atoms with van der Waals surface area (Å²) in [4.78, 5) is 0. The van der Waals surface area contributed by atoms with Crippen LogP contribution in [-0.2, 0) is 14.3 Å². The van der Waals surface area contributed by atoms with Crippen molar-refractivity contribution in [3.63, 3.8) is 0 Å². The Hall–Kier alpha value is -0.920. The molecule has 106 valence electrons. The van der Waals surface area contributed by atoms with Crippen LogP contribution in [0.2, 0.25) is 0 Å². The fourth-order valence-electron chi connectivity index (χ4n) is 1.64. The van der Waals surface area contributed by atoms with E-state index in [4.69, 9.17) is 0 Å². The smallest absolute Gasteiger partial charge is 0.358 e. The summed E-state index contributed by atoms with van der Waals surface area (Å²) in [6, 6.07) is 0. The Morgan fingerprint density at radius 1 is 1.22 bits per heavy atom. The van der Waals surface area contributed by atoms with Gasteiger partial charge in [-0.05, 0) is 23.8 Å². The van der Waals surface area contributed by atoms with E-state index in [-0.39, 0.29) is 5.88 Å². The number of nitrogens with one attached hydrogen (secondary N) is 1. The summed E-state index contributed by atoms with van der Waals surface area (Å²) in [7, 11) is -5.61. The summed E-state index contributed by atoms with van der Waals surface area (Å²) in [6.07, 6.45) is 1.24. The molecule has 0 fully saturated rings. The molecule has 1 aliphatic heterocycles. The topological polar surface area (TPSA) is 55.4 Å². The first-order valence-corrected chi connectivity index (χ1v) is 6.84. The molecule has 0 bridgehead atoms. The van der Waals surface area contributed by atoms with Crippen LogP contribution in [0.1, 0.15) is 33.6 Å². The number of allylic oxidation sites excluding steroid dienone is 1. The van der Waals surface area contributed by atoms with Gasteiger partial charge in [-0.3, -0.25) is 0 Å². The predicted molar refractivity (Wildman–Crippen MR) is 59.8 cm³/mol. The van der Waals surface area contributed by atoms with Gasteiger partial charge in [-0.25, -0.2) is 0 Å². The summed E-state index contributed by atoms with van der Waals surface area (Å²) in [5.74, 6) is -0.286. The molecule has 0 spiro atoms. The largest absolute Gasteiger partial charge is 0.534 e. The average molecular weight is 287 g/mol. The second-order valence-corrected chi connectivity index (χ2v) is 6.61. The van der Waals surface area contributed by atoms with Gasteiger partial charge in [0.1, 0.15) is 0 Å². The minimum absolute atomic E-state index is 0.286. The SMILES string of the molecule is CC(C)(C)C1=C(OS(=O)(=O)C(F)(F)F)NCCC1. The average Bonchev–Trinajstić information content (AvgIpc) is 2.14. The minimum atomic E-state index is -5.61. The van der Waals surface area contributed by atoms with Gasteiger partial charge in [0.05, 0.1) is 0 Å². The van der Waals surface area contributed by atoms with Crippen molar-refractivity contribution in [2.24, 2.45) is 5.41 Å². The van der Waals surface area contributed by atoms with Crippen LogP contribution in [0.4, 0.5) is 13.2 Å². The summed E-state index contributed by atoms with van der Waals surface area (Å²) < 4.78 is 62.9. The maximum atomic E-state index is 12.2. The van der Waals surface area contributed by atoms with Crippen molar-refractivity contribution in [1.82, 2.24) is 5.32 Å². The zero-order valence-electron chi connectivity index (χ0n) is 10.4. The van der Waals surface area contributed by atoms with Gasteiger partial charge in [-0.2, -0.15) is 21.6 Å². The fraction of sp³-hybridized carbons (Fsp3) is 0.800. The molecule has 0 amide bonds. The molecule has 0 unspecified atom stereocenters. The summed E-state index contributed by atoms with van der Waals surface area (Å²) >= 11 is 0. The third-order valence-corrected chi connectivity index (χ3v) is 3.50. The van der Waals surface area contributed by atoms with E-state index in [1.54, 1.807) is 20.8 Å². The lowest BCUT2D eigenvalue weighted by Crippen LogP contribution is -2.33. The molecule has 1 heterocycles. The first kappa shape index (κ1) is 15.1. The Morgan fingerprint density at radius 3 is 2.22 bits per heavy atom. The first-order chi connectivity index (χ1) is 7.95. The number of hydrogen-bond acceptors (Lipinski definition) is 4. The molecular formula is C10H16F3NO3S. The fourth-order valence-corrected chi connectivity index (χ4v) is 2.11. The van der Waals surface area contributed by atoms with E-state index in [2.05, 4.69) is 9.50 Å². The van der Waals surface area contributed by atoms with Crippen molar-refractivity contribution < 1.29 is 25.8 Å². The monoisotopic (exact) mass is 287 g/mol. The molecule has 0 saturated heterocycles. The van der Waals surface area contributed by atoms with E-state index in [0.29, 0.717) is 18.5 Å². The van der Waals surface area contributed by atoms with Gasteiger partial charge < -0.3 is 9.50 Å². The van der Waals surface area contributed by atoms with Crippen molar-refractivity contribution in [2.45, 2.75) is 39.1 Å². The molecule has 0 aliphatic carbocycles. The van der Waals surface area contributed by atoms with Gasteiger partial charge in [0, 0.05) is 6.54 Å². The predicted octanol–water partition coefficient (Wildman–Crippen LogP) is 2.49. The molecule has 0 aromatic heterocycles. The number of hydrogen-bond donors (Lipinski definition) is 1. The number of alkyl halides is 3. The highest BCUT2D eigenvalue weighted by molar-refractivity contribution is 7.87.